The van der Waals surface area contributed by atoms with E-state index in [0.717, 1.165) is 0 Å². The molecule has 0 N–H and O–H groups in total. The van der Waals surface area contributed by atoms with Gasteiger partial charge in [0.1, 0.15) is 0 Å². The first-order chi connectivity index (χ1) is 20.3. The van der Waals surface area contributed by atoms with E-state index < -0.39 is 18.0 Å². The van der Waals surface area contributed by atoms with E-state index in [1.165, 1.54) is 43.4 Å². The molecule has 2 heterocycles. The zero-order valence-corrected chi connectivity index (χ0v) is 26.0. The lowest BCUT2D eigenvalue weighted by atomic mass is 9.97. The highest BCUT2D eigenvalue weighted by Gasteiger charge is 2.31. The number of esters is 2. The minimum atomic E-state index is -0.818. The van der Waals surface area contributed by atoms with Crippen molar-refractivity contribution in [1.82, 2.24) is 4.57 Å². The Kier molecular flexibility index (Phi) is 10.1. The van der Waals surface area contributed by atoms with Gasteiger partial charge in [-0.25, -0.2) is 14.6 Å². The van der Waals surface area contributed by atoms with E-state index >= 15 is 0 Å². The van der Waals surface area contributed by atoms with E-state index in [4.69, 9.17) is 23.7 Å². The SMILES string of the molecule is CCOc1ccc([C@H]2C(C(=O)OC)=CN=c3s/c(=C\c4cc(Br)c(OCC(=O)OC)c(OC)c4)c(=O)n32)cc1OCC. The van der Waals surface area contributed by atoms with Crippen LogP contribution in [0, 0.1) is 0 Å². The molecule has 2 aromatic carbocycles. The van der Waals surface area contributed by atoms with Crippen LogP contribution in [0.1, 0.15) is 31.0 Å². The second-order valence-corrected chi connectivity index (χ2v) is 10.5. The van der Waals surface area contributed by atoms with Gasteiger partial charge in [-0.1, -0.05) is 17.4 Å². The molecule has 222 valence electrons. The van der Waals surface area contributed by atoms with Crippen LogP contribution in [0.15, 0.2) is 56.4 Å². The first-order valence-electron chi connectivity index (χ1n) is 12.8. The normalized spacial score (nSPS) is 14.3. The van der Waals surface area contributed by atoms with Crippen molar-refractivity contribution >= 4 is 45.3 Å². The van der Waals surface area contributed by atoms with Gasteiger partial charge in [0.15, 0.2) is 34.4 Å². The standard InChI is InChI=1S/C29H29BrN2O9S/c1-6-39-20-9-8-17(13-21(20)40-7-2)25-18(28(35)38-5)14-31-29-32(25)27(34)23(42-29)12-16-10-19(30)26(22(11-16)36-3)41-15-24(33)37-4/h8-14,25H,6-7,15H2,1-5H3/b23-12-/t25-/m0/s1. The van der Waals surface area contributed by atoms with Gasteiger partial charge in [-0.05, 0) is 71.2 Å². The first-order valence-corrected chi connectivity index (χ1v) is 14.4. The summed E-state index contributed by atoms with van der Waals surface area (Å²) in [4.78, 5) is 43.1. The van der Waals surface area contributed by atoms with Crippen LogP contribution in [-0.4, -0.2) is 57.7 Å². The van der Waals surface area contributed by atoms with E-state index in [0.29, 0.717) is 61.1 Å². The van der Waals surface area contributed by atoms with Crippen LogP contribution in [0.25, 0.3) is 6.08 Å². The Balaban J connectivity index is 1.84. The molecule has 1 aliphatic rings. The first kappa shape index (κ1) is 30.8. The summed E-state index contributed by atoms with van der Waals surface area (Å²) >= 11 is 4.62. The highest BCUT2D eigenvalue weighted by atomic mass is 79.9. The number of aromatic nitrogens is 1. The summed E-state index contributed by atoms with van der Waals surface area (Å²) in [7, 11) is 4.01. The summed E-state index contributed by atoms with van der Waals surface area (Å²) in [6.45, 7) is 4.27. The molecule has 4 rings (SSSR count). The van der Waals surface area contributed by atoms with Crippen molar-refractivity contribution in [2.45, 2.75) is 19.9 Å². The Morgan fingerprint density at radius 3 is 2.40 bits per heavy atom. The highest BCUT2D eigenvalue weighted by Crippen LogP contribution is 2.37. The molecular weight excluding hydrogens is 632 g/mol. The lowest BCUT2D eigenvalue weighted by Crippen LogP contribution is -2.39. The van der Waals surface area contributed by atoms with Crippen molar-refractivity contribution < 1.29 is 38.0 Å². The molecule has 13 heteroatoms. The third kappa shape index (κ3) is 6.36. The van der Waals surface area contributed by atoms with Crippen molar-refractivity contribution in [2.75, 3.05) is 41.2 Å². The van der Waals surface area contributed by atoms with E-state index in [1.54, 1.807) is 36.4 Å². The van der Waals surface area contributed by atoms with Gasteiger partial charge in [0.25, 0.3) is 5.56 Å². The Morgan fingerprint density at radius 2 is 1.74 bits per heavy atom. The molecule has 0 spiro atoms. The summed E-state index contributed by atoms with van der Waals surface area (Å²) in [5, 5.41) is 0. The summed E-state index contributed by atoms with van der Waals surface area (Å²) in [5.74, 6) is 0.544. The summed E-state index contributed by atoms with van der Waals surface area (Å²) in [6.07, 6.45) is 3.11. The fourth-order valence-electron chi connectivity index (χ4n) is 4.29. The fourth-order valence-corrected chi connectivity index (χ4v) is 5.84. The number of ether oxygens (including phenoxy) is 6. The van der Waals surface area contributed by atoms with Gasteiger partial charge in [0.05, 0.1) is 55.2 Å². The van der Waals surface area contributed by atoms with E-state index in [-0.39, 0.29) is 17.7 Å². The average molecular weight is 662 g/mol. The largest absolute Gasteiger partial charge is 0.493 e. The predicted octanol–water partition coefficient (Wildman–Crippen LogP) is 3.14. The third-order valence-electron chi connectivity index (χ3n) is 6.12. The van der Waals surface area contributed by atoms with Crippen LogP contribution in [0.4, 0.5) is 0 Å². The van der Waals surface area contributed by atoms with Crippen molar-refractivity contribution in [3.05, 3.63) is 77.4 Å². The zero-order chi connectivity index (χ0) is 30.4. The maximum absolute atomic E-state index is 13.9. The smallest absolute Gasteiger partial charge is 0.343 e. The number of carbonyl (C=O) groups is 2. The van der Waals surface area contributed by atoms with Crippen LogP contribution in [0.2, 0.25) is 0 Å². The molecule has 0 aliphatic carbocycles. The quantitative estimate of drug-likeness (QED) is 0.285. The molecule has 1 atom stereocenters. The number of benzene rings is 2. The lowest BCUT2D eigenvalue weighted by Gasteiger charge is -2.23. The monoisotopic (exact) mass is 660 g/mol. The summed E-state index contributed by atoms with van der Waals surface area (Å²) in [5.41, 5.74) is 1.08. The number of methoxy groups -OCH3 is 3. The number of thiazole rings is 1. The Labute approximate surface area is 253 Å². The molecule has 3 aromatic rings. The topological polar surface area (TPSA) is 124 Å². The van der Waals surface area contributed by atoms with E-state index in [1.807, 2.05) is 13.8 Å². The number of halogens is 1. The maximum atomic E-state index is 13.9. The molecule has 11 nitrogen and oxygen atoms in total. The second kappa shape index (κ2) is 13.7. The number of hydrogen-bond donors (Lipinski definition) is 0. The molecule has 0 radical (unpaired) electrons. The molecule has 1 aromatic heterocycles. The Hall–Kier alpha value is -4.10. The second-order valence-electron chi connectivity index (χ2n) is 8.65. The maximum Gasteiger partial charge on any atom is 0.343 e. The predicted molar refractivity (Wildman–Crippen MR) is 158 cm³/mol. The van der Waals surface area contributed by atoms with Gasteiger partial charge in [-0.15, -0.1) is 0 Å². The summed E-state index contributed by atoms with van der Waals surface area (Å²) < 4.78 is 34.5. The number of hydrogen-bond acceptors (Lipinski definition) is 11. The lowest BCUT2D eigenvalue weighted by molar-refractivity contribution is -0.143. The fraction of sp³-hybridized carbons (Fsp3) is 0.310. The highest BCUT2D eigenvalue weighted by molar-refractivity contribution is 9.10. The molecule has 0 saturated carbocycles. The molecule has 42 heavy (non-hydrogen) atoms. The number of nitrogens with zero attached hydrogens (tertiary/aromatic N) is 2. The van der Waals surface area contributed by atoms with Gasteiger partial charge in [-0.2, -0.15) is 0 Å². The zero-order valence-electron chi connectivity index (χ0n) is 23.6. The third-order valence-corrected chi connectivity index (χ3v) is 7.71. The van der Waals surface area contributed by atoms with Gasteiger partial charge in [0.2, 0.25) is 0 Å². The van der Waals surface area contributed by atoms with Crippen molar-refractivity contribution in [2.24, 2.45) is 4.99 Å². The van der Waals surface area contributed by atoms with Crippen LogP contribution in [0.5, 0.6) is 23.0 Å². The van der Waals surface area contributed by atoms with Crippen LogP contribution in [0.3, 0.4) is 0 Å². The Bertz CT molecular complexity index is 1710. The number of carbonyl (C=O) groups excluding carboxylic acids is 2. The molecule has 0 saturated heterocycles. The van der Waals surface area contributed by atoms with Crippen LogP contribution < -0.4 is 33.8 Å². The minimum Gasteiger partial charge on any atom is -0.493 e. The van der Waals surface area contributed by atoms with Gasteiger partial charge in [-0.3, -0.25) is 9.36 Å². The molecule has 0 amide bonds. The Morgan fingerprint density at radius 1 is 1.00 bits per heavy atom. The van der Waals surface area contributed by atoms with E-state index in [2.05, 4.69) is 25.7 Å². The van der Waals surface area contributed by atoms with Crippen molar-refractivity contribution in [3.8, 4) is 23.0 Å². The van der Waals surface area contributed by atoms with E-state index in [9.17, 15) is 14.4 Å². The average Bonchev–Trinajstić information content (AvgIpc) is 3.30. The summed E-state index contributed by atoms with van der Waals surface area (Å²) in [6, 6.07) is 7.88. The molecule has 0 bridgehead atoms. The number of rotatable bonds is 11. The van der Waals surface area contributed by atoms with Gasteiger partial charge < -0.3 is 28.4 Å². The number of fused-ring (bicyclic) bond motifs is 1. The van der Waals surface area contributed by atoms with Gasteiger partial charge >= 0.3 is 11.9 Å². The van der Waals surface area contributed by atoms with Crippen LogP contribution >= 0.6 is 27.3 Å². The van der Waals surface area contributed by atoms with Crippen LogP contribution in [-0.2, 0) is 19.1 Å². The van der Waals surface area contributed by atoms with Crippen molar-refractivity contribution in [3.63, 3.8) is 0 Å². The minimum absolute atomic E-state index is 0.194. The van der Waals surface area contributed by atoms with Crippen molar-refractivity contribution in [1.29, 1.82) is 0 Å². The molecule has 0 fully saturated rings. The molecule has 1 aliphatic heterocycles. The molecular formula is C29H29BrN2O9S. The molecule has 0 unspecified atom stereocenters. The van der Waals surface area contributed by atoms with Gasteiger partial charge in [0, 0.05) is 6.20 Å².